The predicted octanol–water partition coefficient (Wildman–Crippen LogP) is 1.11. The first-order valence-corrected chi connectivity index (χ1v) is 7.87. The fourth-order valence-corrected chi connectivity index (χ4v) is 2.42. The van der Waals surface area contributed by atoms with Crippen molar-refractivity contribution in [2.75, 3.05) is 31.1 Å². The van der Waals surface area contributed by atoms with Crippen LogP contribution in [-0.2, 0) is 4.74 Å². The van der Waals surface area contributed by atoms with Crippen LogP contribution in [0.4, 0.5) is 10.7 Å². The number of anilines is 1. The number of hydrogen-bond acceptors (Lipinski definition) is 7. The van der Waals surface area contributed by atoms with Crippen LogP contribution >= 0.6 is 0 Å². The molecule has 0 bridgehead atoms. The van der Waals surface area contributed by atoms with Crippen LogP contribution < -0.4 is 4.90 Å². The molecule has 0 aromatic carbocycles. The SMILES string of the molecule is CC(C)(C)OC(=O)N1CCN(c2nnnn2-c2ccccn2)CC1. The van der Waals surface area contributed by atoms with Gasteiger partial charge in [-0.15, -0.1) is 0 Å². The van der Waals surface area contributed by atoms with Crippen LogP contribution in [0, 0.1) is 0 Å². The summed E-state index contributed by atoms with van der Waals surface area (Å²) in [5, 5.41) is 11.9. The van der Waals surface area contributed by atoms with Crippen LogP contribution in [0.3, 0.4) is 0 Å². The number of amides is 1. The van der Waals surface area contributed by atoms with Crippen molar-refractivity contribution >= 4 is 12.0 Å². The normalized spacial score (nSPS) is 15.5. The number of aromatic nitrogens is 5. The highest BCUT2D eigenvalue weighted by Gasteiger charge is 2.28. The van der Waals surface area contributed by atoms with E-state index in [0.717, 1.165) is 0 Å². The molecule has 0 N–H and O–H groups in total. The molecule has 0 aliphatic carbocycles. The maximum absolute atomic E-state index is 12.1. The highest BCUT2D eigenvalue weighted by molar-refractivity contribution is 5.68. The van der Waals surface area contributed by atoms with Crippen molar-refractivity contribution in [1.29, 1.82) is 0 Å². The molecule has 9 nitrogen and oxygen atoms in total. The molecule has 2 aromatic heterocycles. The smallest absolute Gasteiger partial charge is 0.410 e. The van der Waals surface area contributed by atoms with Crippen molar-refractivity contribution < 1.29 is 9.53 Å². The summed E-state index contributed by atoms with van der Waals surface area (Å²) in [4.78, 5) is 20.1. The van der Waals surface area contributed by atoms with Crippen molar-refractivity contribution in [2.24, 2.45) is 0 Å². The van der Waals surface area contributed by atoms with E-state index in [1.807, 2.05) is 43.9 Å². The third kappa shape index (κ3) is 3.61. The first kappa shape index (κ1) is 16.2. The largest absolute Gasteiger partial charge is 0.444 e. The maximum Gasteiger partial charge on any atom is 0.410 e. The monoisotopic (exact) mass is 331 g/mol. The molecule has 0 saturated carbocycles. The zero-order valence-corrected chi connectivity index (χ0v) is 14.1. The van der Waals surface area contributed by atoms with E-state index < -0.39 is 5.60 Å². The van der Waals surface area contributed by atoms with E-state index in [0.29, 0.717) is 37.9 Å². The average molecular weight is 331 g/mol. The molecule has 2 aromatic rings. The molecule has 3 rings (SSSR count). The van der Waals surface area contributed by atoms with E-state index in [1.165, 1.54) is 0 Å². The van der Waals surface area contributed by atoms with Gasteiger partial charge >= 0.3 is 6.09 Å². The molecule has 128 valence electrons. The van der Waals surface area contributed by atoms with Gasteiger partial charge in [0, 0.05) is 32.4 Å². The van der Waals surface area contributed by atoms with E-state index in [9.17, 15) is 4.79 Å². The Morgan fingerprint density at radius 1 is 1.17 bits per heavy atom. The molecule has 0 atom stereocenters. The van der Waals surface area contributed by atoms with Gasteiger partial charge in [-0.1, -0.05) is 11.2 Å². The molecule has 0 unspecified atom stereocenters. The summed E-state index contributed by atoms with van der Waals surface area (Å²) < 4.78 is 7.01. The number of tetrazole rings is 1. The molecule has 1 saturated heterocycles. The average Bonchev–Trinajstić information content (AvgIpc) is 3.04. The number of pyridine rings is 1. The van der Waals surface area contributed by atoms with Crippen molar-refractivity contribution in [3.05, 3.63) is 24.4 Å². The highest BCUT2D eigenvalue weighted by atomic mass is 16.6. The van der Waals surface area contributed by atoms with E-state index in [2.05, 4.69) is 20.5 Å². The van der Waals surface area contributed by atoms with Crippen molar-refractivity contribution in [3.63, 3.8) is 0 Å². The molecule has 0 radical (unpaired) electrons. The fourth-order valence-electron chi connectivity index (χ4n) is 2.42. The summed E-state index contributed by atoms with van der Waals surface area (Å²) in [5.41, 5.74) is -0.489. The lowest BCUT2D eigenvalue weighted by atomic mass is 10.2. The van der Waals surface area contributed by atoms with Gasteiger partial charge in [-0.2, -0.15) is 4.68 Å². The summed E-state index contributed by atoms with van der Waals surface area (Å²) in [6.45, 7) is 7.97. The van der Waals surface area contributed by atoms with Gasteiger partial charge in [0.25, 0.3) is 5.95 Å². The Morgan fingerprint density at radius 3 is 2.54 bits per heavy atom. The first-order valence-electron chi connectivity index (χ1n) is 7.87. The Labute approximate surface area is 140 Å². The lowest BCUT2D eigenvalue weighted by molar-refractivity contribution is 0.0240. The third-order valence-corrected chi connectivity index (χ3v) is 3.53. The summed E-state index contributed by atoms with van der Waals surface area (Å²) in [6, 6.07) is 5.57. The van der Waals surface area contributed by atoms with Crippen LogP contribution in [0.5, 0.6) is 0 Å². The van der Waals surface area contributed by atoms with Crippen molar-refractivity contribution in [3.8, 4) is 5.82 Å². The summed E-state index contributed by atoms with van der Waals surface area (Å²) in [6.07, 6.45) is 1.41. The topological polar surface area (TPSA) is 89.3 Å². The second-order valence-electron chi connectivity index (χ2n) is 6.53. The van der Waals surface area contributed by atoms with Crippen LogP contribution in [-0.4, -0.2) is 68.0 Å². The summed E-state index contributed by atoms with van der Waals surface area (Å²) in [5.74, 6) is 1.28. The van der Waals surface area contributed by atoms with Crippen LogP contribution in [0.15, 0.2) is 24.4 Å². The summed E-state index contributed by atoms with van der Waals surface area (Å²) >= 11 is 0. The fraction of sp³-hybridized carbons (Fsp3) is 0.533. The van der Waals surface area contributed by atoms with Crippen LogP contribution in [0.1, 0.15) is 20.8 Å². The summed E-state index contributed by atoms with van der Waals surface area (Å²) in [7, 11) is 0. The zero-order chi connectivity index (χ0) is 17.2. The number of rotatable bonds is 2. The van der Waals surface area contributed by atoms with E-state index in [1.54, 1.807) is 15.8 Å². The second-order valence-corrected chi connectivity index (χ2v) is 6.53. The quantitative estimate of drug-likeness (QED) is 0.814. The number of nitrogens with zero attached hydrogens (tertiary/aromatic N) is 7. The Morgan fingerprint density at radius 2 is 1.92 bits per heavy atom. The lowest BCUT2D eigenvalue weighted by Crippen LogP contribution is -2.50. The zero-order valence-electron chi connectivity index (χ0n) is 14.1. The highest BCUT2D eigenvalue weighted by Crippen LogP contribution is 2.17. The van der Waals surface area contributed by atoms with Gasteiger partial charge < -0.3 is 14.5 Å². The van der Waals surface area contributed by atoms with Gasteiger partial charge in [-0.05, 0) is 43.3 Å². The van der Waals surface area contributed by atoms with Gasteiger partial charge in [0.15, 0.2) is 5.82 Å². The molecule has 24 heavy (non-hydrogen) atoms. The Bertz CT molecular complexity index is 687. The Balaban J connectivity index is 1.66. The molecule has 9 heteroatoms. The minimum atomic E-state index is -0.489. The predicted molar refractivity (Wildman–Crippen MR) is 87.0 cm³/mol. The molecule has 3 heterocycles. The van der Waals surface area contributed by atoms with Crippen molar-refractivity contribution in [1.82, 2.24) is 30.1 Å². The Hall–Kier alpha value is -2.71. The second kappa shape index (κ2) is 6.42. The van der Waals surface area contributed by atoms with Gasteiger partial charge in [0.05, 0.1) is 0 Å². The van der Waals surface area contributed by atoms with Gasteiger partial charge in [-0.3, -0.25) is 0 Å². The van der Waals surface area contributed by atoms with E-state index >= 15 is 0 Å². The maximum atomic E-state index is 12.1. The van der Waals surface area contributed by atoms with Gasteiger partial charge in [0.1, 0.15) is 5.60 Å². The van der Waals surface area contributed by atoms with Crippen molar-refractivity contribution in [2.45, 2.75) is 26.4 Å². The third-order valence-electron chi connectivity index (χ3n) is 3.53. The number of hydrogen-bond donors (Lipinski definition) is 0. The van der Waals surface area contributed by atoms with Crippen LogP contribution in [0.2, 0.25) is 0 Å². The lowest BCUT2D eigenvalue weighted by Gasteiger charge is -2.35. The van der Waals surface area contributed by atoms with Crippen LogP contribution in [0.25, 0.3) is 5.82 Å². The molecular weight excluding hydrogens is 310 g/mol. The number of carbonyl (C=O) groups excluding carboxylic acids is 1. The Kier molecular flexibility index (Phi) is 4.32. The van der Waals surface area contributed by atoms with Gasteiger partial charge in [-0.25, -0.2) is 9.78 Å². The molecular formula is C15H21N7O2. The molecule has 0 spiro atoms. The van der Waals surface area contributed by atoms with E-state index in [-0.39, 0.29) is 6.09 Å². The number of carbonyl (C=O) groups is 1. The minimum absolute atomic E-state index is 0.286. The molecule has 1 amide bonds. The van der Waals surface area contributed by atoms with Gasteiger partial charge in [0.2, 0.25) is 0 Å². The minimum Gasteiger partial charge on any atom is -0.444 e. The molecule has 1 fully saturated rings. The van der Waals surface area contributed by atoms with E-state index in [4.69, 9.17) is 4.74 Å². The number of piperazine rings is 1. The number of ether oxygens (including phenoxy) is 1. The molecule has 1 aliphatic rings. The first-order chi connectivity index (χ1) is 11.4. The standard InChI is InChI=1S/C15H21N7O2/c1-15(2,3)24-14(23)21-10-8-20(9-11-21)13-17-18-19-22(13)12-6-4-5-7-16-12/h4-7H,8-11H2,1-3H3. The molecule has 1 aliphatic heterocycles.